The van der Waals surface area contributed by atoms with Crippen LogP contribution in [0, 0.1) is 0 Å². The molecule has 1 aliphatic rings. The number of aromatic nitrogens is 4. The van der Waals surface area contributed by atoms with Crippen molar-refractivity contribution in [2.75, 3.05) is 19.8 Å². The molecule has 3 rings (SSSR count). The zero-order valence-corrected chi connectivity index (χ0v) is 11.6. The van der Waals surface area contributed by atoms with E-state index in [-0.39, 0.29) is 0 Å². The van der Waals surface area contributed by atoms with Gasteiger partial charge in [-0.25, -0.2) is 4.68 Å². The molecule has 2 heterocycles. The molecule has 1 fully saturated rings. The van der Waals surface area contributed by atoms with Crippen LogP contribution in [0.4, 0.5) is 0 Å². The standard InChI is InChI=1S/C14H19N5O/c1-12-11-20-8-7-18(12)10-14-15-16-17-19(14)9-13-5-3-2-4-6-13/h2-6,12H,7-11H2,1H3. The summed E-state index contributed by atoms with van der Waals surface area (Å²) in [4.78, 5) is 2.36. The van der Waals surface area contributed by atoms with E-state index < -0.39 is 0 Å². The number of hydrogen-bond donors (Lipinski definition) is 0. The Balaban J connectivity index is 1.70. The zero-order chi connectivity index (χ0) is 13.8. The third kappa shape index (κ3) is 3.02. The van der Waals surface area contributed by atoms with E-state index in [2.05, 4.69) is 39.5 Å². The van der Waals surface area contributed by atoms with Gasteiger partial charge in [-0.05, 0) is 22.9 Å². The summed E-state index contributed by atoms with van der Waals surface area (Å²) < 4.78 is 7.33. The lowest BCUT2D eigenvalue weighted by atomic mass is 10.2. The van der Waals surface area contributed by atoms with Crippen molar-refractivity contribution in [2.45, 2.75) is 26.1 Å². The van der Waals surface area contributed by atoms with E-state index in [0.717, 1.165) is 32.1 Å². The molecular formula is C14H19N5O. The van der Waals surface area contributed by atoms with Crippen molar-refractivity contribution < 1.29 is 4.74 Å². The minimum atomic E-state index is 0.408. The van der Waals surface area contributed by atoms with Crippen LogP contribution in [0.15, 0.2) is 30.3 Å². The Labute approximate surface area is 118 Å². The first-order valence-corrected chi connectivity index (χ1v) is 6.93. The van der Waals surface area contributed by atoms with Crippen LogP contribution in [0.1, 0.15) is 18.3 Å². The number of benzene rings is 1. The maximum Gasteiger partial charge on any atom is 0.165 e. The average Bonchev–Trinajstić information content (AvgIpc) is 2.90. The lowest BCUT2D eigenvalue weighted by Gasteiger charge is -2.32. The van der Waals surface area contributed by atoms with Crippen molar-refractivity contribution in [3.8, 4) is 0 Å². The molecule has 0 spiro atoms. The van der Waals surface area contributed by atoms with Gasteiger partial charge in [0.2, 0.25) is 0 Å². The SMILES string of the molecule is CC1COCCN1Cc1nnnn1Cc1ccccc1. The second kappa shape index (κ2) is 6.11. The predicted molar refractivity (Wildman–Crippen MR) is 74.1 cm³/mol. The van der Waals surface area contributed by atoms with Crippen molar-refractivity contribution >= 4 is 0 Å². The smallest absolute Gasteiger partial charge is 0.165 e. The highest BCUT2D eigenvalue weighted by Crippen LogP contribution is 2.11. The molecule has 2 aromatic rings. The van der Waals surface area contributed by atoms with Crippen LogP contribution in [0.3, 0.4) is 0 Å². The number of morpholine rings is 1. The molecule has 1 saturated heterocycles. The summed E-state index contributed by atoms with van der Waals surface area (Å²) in [5, 5.41) is 12.1. The molecule has 1 atom stereocenters. The van der Waals surface area contributed by atoms with E-state index in [1.54, 1.807) is 0 Å². The minimum absolute atomic E-state index is 0.408. The number of hydrogen-bond acceptors (Lipinski definition) is 5. The van der Waals surface area contributed by atoms with E-state index in [1.807, 2.05) is 22.9 Å². The third-order valence-electron chi connectivity index (χ3n) is 3.63. The van der Waals surface area contributed by atoms with E-state index in [9.17, 15) is 0 Å². The summed E-state index contributed by atoms with van der Waals surface area (Å²) >= 11 is 0. The van der Waals surface area contributed by atoms with Gasteiger partial charge in [-0.15, -0.1) is 5.10 Å². The molecule has 0 bridgehead atoms. The van der Waals surface area contributed by atoms with Gasteiger partial charge < -0.3 is 4.74 Å². The van der Waals surface area contributed by atoms with Gasteiger partial charge in [-0.3, -0.25) is 4.90 Å². The molecule has 0 saturated carbocycles. The summed E-state index contributed by atoms with van der Waals surface area (Å²) in [5.74, 6) is 0.905. The average molecular weight is 273 g/mol. The molecule has 0 N–H and O–H groups in total. The quantitative estimate of drug-likeness (QED) is 0.830. The van der Waals surface area contributed by atoms with Crippen LogP contribution in [0.2, 0.25) is 0 Å². The Kier molecular flexibility index (Phi) is 4.03. The first kappa shape index (κ1) is 13.2. The fraction of sp³-hybridized carbons (Fsp3) is 0.500. The lowest BCUT2D eigenvalue weighted by molar-refractivity contribution is -0.00604. The maximum atomic E-state index is 5.46. The van der Waals surface area contributed by atoms with Crippen molar-refractivity contribution in [1.29, 1.82) is 0 Å². The van der Waals surface area contributed by atoms with Crippen molar-refractivity contribution in [3.63, 3.8) is 0 Å². The molecule has 106 valence electrons. The monoisotopic (exact) mass is 273 g/mol. The predicted octanol–water partition coefficient (Wildman–Crippen LogP) is 0.942. The van der Waals surface area contributed by atoms with Crippen LogP contribution in [-0.4, -0.2) is 50.9 Å². The lowest BCUT2D eigenvalue weighted by Crippen LogP contribution is -2.43. The second-order valence-corrected chi connectivity index (χ2v) is 5.13. The molecule has 1 aromatic heterocycles. The molecule has 20 heavy (non-hydrogen) atoms. The fourth-order valence-corrected chi connectivity index (χ4v) is 2.39. The van der Waals surface area contributed by atoms with Gasteiger partial charge in [0.1, 0.15) is 0 Å². The summed E-state index contributed by atoms with van der Waals surface area (Å²) in [6.07, 6.45) is 0. The molecule has 1 aromatic carbocycles. The highest BCUT2D eigenvalue weighted by Gasteiger charge is 2.21. The molecule has 0 amide bonds. The highest BCUT2D eigenvalue weighted by molar-refractivity contribution is 5.14. The number of ether oxygens (including phenoxy) is 1. The summed E-state index contributed by atoms with van der Waals surface area (Å²) in [5.41, 5.74) is 1.20. The molecule has 0 aliphatic carbocycles. The van der Waals surface area contributed by atoms with E-state index in [1.165, 1.54) is 5.56 Å². The first-order valence-electron chi connectivity index (χ1n) is 6.93. The van der Waals surface area contributed by atoms with E-state index >= 15 is 0 Å². The Hall–Kier alpha value is -1.79. The van der Waals surface area contributed by atoms with Crippen LogP contribution in [0.25, 0.3) is 0 Å². The minimum Gasteiger partial charge on any atom is -0.379 e. The van der Waals surface area contributed by atoms with Gasteiger partial charge in [-0.1, -0.05) is 30.3 Å². The third-order valence-corrected chi connectivity index (χ3v) is 3.63. The molecule has 0 radical (unpaired) electrons. The molecule has 1 unspecified atom stereocenters. The molecular weight excluding hydrogens is 254 g/mol. The van der Waals surface area contributed by atoms with Crippen molar-refractivity contribution in [3.05, 3.63) is 41.7 Å². The van der Waals surface area contributed by atoms with Gasteiger partial charge in [0.05, 0.1) is 26.3 Å². The number of tetrazole rings is 1. The van der Waals surface area contributed by atoms with Crippen LogP contribution in [0.5, 0.6) is 0 Å². The van der Waals surface area contributed by atoms with Gasteiger partial charge in [0.25, 0.3) is 0 Å². The Morgan fingerprint density at radius 3 is 2.90 bits per heavy atom. The van der Waals surface area contributed by atoms with Gasteiger partial charge in [0.15, 0.2) is 5.82 Å². The second-order valence-electron chi connectivity index (χ2n) is 5.13. The highest BCUT2D eigenvalue weighted by atomic mass is 16.5. The van der Waals surface area contributed by atoms with Crippen LogP contribution in [-0.2, 0) is 17.8 Å². The van der Waals surface area contributed by atoms with Crippen LogP contribution >= 0.6 is 0 Å². The number of nitrogens with zero attached hydrogens (tertiary/aromatic N) is 5. The maximum absolute atomic E-state index is 5.46. The van der Waals surface area contributed by atoms with Gasteiger partial charge in [-0.2, -0.15) is 0 Å². The van der Waals surface area contributed by atoms with E-state index in [0.29, 0.717) is 12.6 Å². The largest absolute Gasteiger partial charge is 0.379 e. The first-order chi connectivity index (χ1) is 9.83. The van der Waals surface area contributed by atoms with Gasteiger partial charge in [0, 0.05) is 12.6 Å². The summed E-state index contributed by atoms with van der Waals surface area (Å²) in [6, 6.07) is 10.7. The summed E-state index contributed by atoms with van der Waals surface area (Å²) in [7, 11) is 0. The molecule has 6 nitrogen and oxygen atoms in total. The van der Waals surface area contributed by atoms with Gasteiger partial charge >= 0.3 is 0 Å². The zero-order valence-electron chi connectivity index (χ0n) is 11.6. The van der Waals surface area contributed by atoms with E-state index in [4.69, 9.17) is 4.74 Å². The number of rotatable bonds is 4. The fourth-order valence-electron chi connectivity index (χ4n) is 2.39. The Morgan fingerprint density at radius 2 is 2.10 bits per heavy atom. The summed E-state index contributed by atoms with van der Waals surface area (Å²) in [6.45, 7) is 6.14. The van der Waals surface area contributed by atoms with Crippen molar-refractivity contribution in [1.82, 2.24) is 25.1 Å². The Morgan fingerprint density at radius 1 is 1.25 bits per heavy atom. The van der Waals surface area contributed by atoms with Crippen molar-refractivity contribution in [2.24, 2.45) is 0 Å². The normalized spacial score (nSPS) is 20.1. The molecule has 1 aliphatic heterocycles. The van der Waals surface area contributed by atoms with Crippen LogP contribution < -0.4 is 0 Å². The Bertz CT molecular complexity index is 542. The molecule has 6 heteroatoms. The topological polar surface area (TPSA) is 56.1 Å².